The fourth-order valence-electron chi connectivity index (χ4n) is 4.65. The minimum Gasteiger partial charge on any atom is -0.381 e. The smallest absolute Gasteiger partial charge is 0.0900 e. The molecule has 3 aliphatic rings. The number of nitrogens with zero attached hydrogens (tertiary/aromatic N) is 4. The van der Waals surface area contributed by atoms with Crippen molar-refractivity contribution in [2.45, 2.75) is 51.2 Å². The summed E-state index contributed by atoms with van der Waals surface area (Å²) >= 11 is 0. The molecule has 1 fully saturated rings. The average Bonchev–Trinajstić information content (AvgIpc) is 2.88. The van der Waals surface area contributed by atoms with Crippen LogP contribution >= 0.6 is 0 Å². The first-order valence-corrected chi connectivity index (χ1v) is 12.1. The van der Waals surface area contributed by atoms with Gasteiger partial charge in [-0.15, -0.1) is 0 Å². The van der Waals surface area contributed by atoms with Crippen molar-refractivity contribution in [3.8, 4) is 11.4 Å². The SMILES string of the molecule is CC/C=C/n1c2cc(=NC3CCC(OC)CC3)c(Nc3cccnc3)cc-2nc2ccccc21. The van der Waals surface area contributed by atoms with Crippen molar-refractivity contribution in [2.75, 3.05) is 12.4 Å². The maximum Gasteiger partial charge on any atom is 0.0900 e. The molecule has 2 aliphatic carbocycles. The van der Waals surface area contributed by atoms with E-state index < -0.39 is 0 Å². The number of rotatable bonds is 6. The number of methoxy groups -OCH3 is 1. The number of pyridine rings is 1. The van der Waals surface area contributed by atoms with Crippen LogP contribution in [0.4, 0.5) is 11.4 Å². The summed E-state index contributed by atoms with van der Waals surface area (Å²) in [6, 6.07) is 16.8. The van der Waals surface area contributed by atoms with E-state index in [9.17, 15) is 0 Å². The van der Waals surface area contributed by atoms with Gasteiger partial charge in [-0.3, -0.25) is 9.98 Å². The minimum atomic E-state index is 0.284. The summed E-state index contributed by atoms with van der Waals surface area (Å²) in [6.45, 7) is 2.15. The highest BCUT2D eigenvalue weighted by atomic mass is 16.5. The van der Waals surface area contributed by atoms with Gasteiger partial charge in [0, 0.05) is 19.5 Å². The van der Waals surface area contributed by atoms with Crippen LogP contribution in [0, 0.1) is 0 Å². The van der Waals surface area contributed by atoms with Crippen LogP contribution in [0.15, 0.2) is 72.0 Å². The van der Waals surface area contributed by atoms with Gasteiger partial charge in [0.1, 0.15) is 0 Å². The number of para-hydroxylation sites is 2. The lowest BCUT2D eigenvalue weighted by Crippen LogP contribution is -2.25. The zero-order chi connectivity index (χ0) is 23.3. The molecule has 174 valence electrons. The number of allylic oxidation sites excluding steroid dienone is 1. The Morgan fingerprint density at radius 2 is 1.97 bits per heavy atom. The summed E-state index contributed by atoms with van der Waals surface area (Å²) in [5, 5.41) is 4.49. The van der Waals surface area contributed by atoms with Crippen molar-refractivity contribution in [3.05, 3.63) is 72.4 Å². The lowest BCUT2D eigenvalue weighted by Gasteiger charge is -2.25. The zero-order valence-electron chi connectivity index (χ0n) is 19.8. The summed E-state index contributed by atoms with van der Waals surface area (Å²) < 4.78 is 7.80. The summed E-state index contributed by atoms with van der Waals surface area (Å²) in [5.41, 5.74) is 5.89. The summed E-state index contributed by atoms with van der Waals surface area (Å²) in [4.78, 5) is 14.5. The molecule has 34 heavy (non-hydrogen) atoms. The van der Waals surface area contributed by atoms with Crippen molar-refractivity contribution in [1.29, 1.82) is 0 Å². The van der Waals surface area contributed by atoms with E-state index in [-0.39, 0.29) is 6.04 Å². The van der Waals surface area contributed by atoms with E-state index in [2.05, 4.69) is 64.4 Å². The fraction of sp³-hybridized carbons (Fsp3) is 0.321. The van der Waals surface area contributed by atoms with Crippen molar-refractivity contribution in [2.24, 2.45) is 4.99 Å². The van der Waals surface area contributed by atoms with Gasteiger partial charge >= 0.3 is 0 Å². The number of anilines is 2. The van der Waals surface area contributed by atoms with Crippen LogP contribution in [-0.4, -0.2) is 33.8 Å². The first-order valence-electron chi connectivity index (χ1n) is 12.1. The van der Waals surface area contributed by atoms with Crippen molar-refractivity contribution < 1.29 is 4.74 Å². The summed E-state index contributed by atoms with van der Waals surface area (Å²) in [7, 11) is 1.81. The number of aromatic nitrogens is 3. The summed E-state index contributed by atoms with van der Waals surface area (Å²) in [6.07, 6.45) is 13.4. The third-order valence-electron chi connectivity index (χ3n) is 6.46. The highest BCUT2D eigenvalue weighted by molar-refractivity contribution is 5.84. The van der Waals surface area contributed by atoms with Gasteiger partial charge in [-0.2, -0.15) is 0 Å². The normalized spacial score (nSPS) is 19.3. The van der Waals surface area contributed by atoms with Crippen LogP contribution in [0.25, 0.3) is 28.6 Å². The van der Waals surface area contributed by atoms with E-state index in [4.69, 9.17) is 14.7 Å². The molecule has 2 heterocycles. The van der Waals surface area contributed by atoms with Crippen molar-refractivity contribution in [3.63, 3.8) is 0 Å². The molecule has 2 aromatic rings. The van der Waals surface area contributed by atoms with Gasteiger partial charge < -0.3 is 14.6 Å². The van der Waals surface area contributed by atoms with E-state index in [1.54, 1.807) is 13.3 Å². The standard InChI is InChI=1S/C28H31N5O/c1-3-4-16-33-27-10-6-5-9-23(27)32-26-17-24(31-21-8-7-15-29-19-21)25(18-28(26)33)30-20-11-13-22(34-2)14-12-20/h4-10,15-20,22,31H,3,11-14H2,1-2H3/b16-4+,30-25?. The molecular formula is C28H31N5O. The third kappa shape index (κ3) is 4.73. The Labute approximate surface area is 200 Å². The van der Waals surface area contributed by atoms with E-state index >= 15 is 0 Å². The zero-order valence-corrected chi connectivity index (χ0v) is 19.8. The number of benzene rings is 2. The van der Waals surface area contributed by atoms with Crippen LogP contribution in [0.3, 0.4) is 0 Å². The van der Waals surface area contributed by atoms with Crippen LogP contribution in [0.1, 0.15) is 39.0 Å². The minimum absolute atomic E-state index is 0.284. The Morgan fingerprint density at radius 3 is 2.74 bits per heavy atom. The maximum absolute atomic E-state index is 5.56. The molecule has 0 spiro atoms. The van der Waals surface area contributed by atoms with Crippen LogP contribution in [0.5, 0.6) is 0 Å². The predicted octanol–water partition coefficient (Wildman–Crippen LogP) is 6.02. The average molecular weight is 454 g/mol. The Balaban J connectivity index is 1.69. The molecule has 0 amide bonds. The summed E-state index contributed by atoms with van der Waals surface area (Å²) in [5.74, 6) is 0. The lowest BCUT2D eigenvalue weighted by atomic mass is 9.93. The van der Waals surface area contributed by atoms with Crippen LogP contribution in [-0.2, 0) is 4.74 Å². The maximum atomic E-state index is 5.56. The van der Waals surface area contributed by atoms with E-state index in [1.807, 2.05) is 24.4 Å². The Morgan fingerprint density at radius 1 is 1.12 bits per heavy atom. The fourth-order valence-corrected chi connectivity index (χ4v) is 4.65. The molecule has 1 aliphatic heterocycles. The molecule has 0 bridgehead atoms. The first-order chi connectivity index (χ1) is 16.7. The van der Waals surface area contributed by atoms with Gasteiger partial charge in [0.2, 0.25) is 0 Å². The first kappa shape index (κ1) is 22.3. The molecule has 1 aromatic heterocycles. The van der Waals surface area contributed by atoms with E-state index in [0.29, 0.717) is 6.10 Å². The Hall–Kier alpha value is -3.51. The second-order valence-electron chi connectivity index (χ2n) is 8.78. The molecule has 0 atom stereocenters. The van der Waals surface area contributed by atoms with Gasteiger partial charge in [0.15, 0.2) is 0 Å². The van der Waals surface area contributed by atoms with Crippen LogP contribution < -0.4 is 10.7 Å². The molecule has 0 saturated heterocycles. The van der Waals surface area contributed by atoms with E-state index in [0.717, 1.165) is 71.3 Å². The predicted molar refractivity (Wildman–Crippen MR) is 138 cm³/mol. The van der Waals surface area contributed by atoms with E-state index in [1.165, 1.54) is 0 Å². The highest BCUT2D eigenvalue weighted by Gasteiger charge is 2.21. The Kier molecular flexibility index (Phi) is 6.67. The third-order valence-corrected chi connectivity index (χ3v) is 6.46. The lowest BCUT2D eigenvalue weighted by molar-refractivity contribution is 0.0663. The van der Waals surface area contributed by atoms with Crippen molar-refractivity contribution in [1.82, 2.24) is 14.5 Å². The van der Waals surface area contributed by atoms with Gasteiger partial charge in [0.05, 0.1) is 57.5 Å². The van der Waals surface area contributed by atoms with Gasteiger partial charge in [-0.1, -0.05) is 25.1 Å². The topological polar surface area (TPSA) is 64.3 Å². The highest BCUT2D eigenvalue weighted by Crippen LogP contribution is 2.29. The van der Waals surface area contributed by atoms with Crippen molar-refractivity contribution >= 4 is 28.6 Å². The Bertz CT molecular complexity index is 1320. The monoisotopic (exact) mass is 453 g/mol. The molecule has 0 radical (unpaired) electrons. The molecule has 1 aromatic carbocycles. The second-order valence-corrected chi connectivity index (χ2v) is 8.78. The van der Waals surface area contributed by atoms with Gasteiger partial charge in [-0.25, -0.2) is 4.98 Å². The number of ether oxygens (including phenoxy) is 1. The molecule has 1 saturated carbocycles. The van der Waals surface area contributed by atoms with Crippen LogP contribution in [0.2, 0.25) is 0 Å². The number of hydrogen-bond donors (Lipinski definition) is 1. The molecule has 6 heteroatoms. The number of hydrogen-bond acceptors (Lipinski definition) is 5. The molecule has 0 unspecified atom stereocenters. The molecule has 1 N–H and O–H groups in total. The molecule has 6 nitrogen and oxygen atoms in total. The molecule has 5 rings (SSSR count). The number of nitrogens with one attached hydrogen (secondary N) is 1. The van der Waals surface area contributed by atoms with Gasteiger partial charge in [0.25, 0.3) is 0 Å². The number of fused-ring (bicyclic) bond motifs is 2. The quantitative estimate of drug-likeness (QED) is 0.363. The van der Waals surface area contributed by atoms with Gasteiger partial charge in [-0.05, 0) is 68.5 Å². The largest absolute Gasteiger partial charge is 0.381 e. The second kappa shape index (κ2) is 10.2. The molecular weight excluding hydrogens is 422 g/mol.